The lowest BCUT2D eigenvalue weighted by Crippen LogP contribution is -2.14. The van der Waals surface area contributed by atoms with Crippen LogP contribution in [0.3, 0.4) is 0 Å². The fraction of sp³-hybridized carbons (Fsp3) is 0.143. The van der Waals surface area contributed by atoms with E-state index in [1.54, 1.807) is 12.1 Å². The van der Waals surface area contributed by atoms with Crippen LogP contribution in [-0.4, -0.2) is 7.11 Å². The Bertz CT molecular complexity index is 625. The van der Waals surface area contributed by atoms with Gasteiger partial charge < -0.3 is 10.5 Å². The Morgan fingerprint density at radius 2 is 1.70 bits per heavy atom. The highest BCUT2D eigenvalue weighted by Crippen LogP contribution is 2.31. The van der Waals surface area contributed by atoms with Crippen molar-refractivity contribution in [3.63, 3.8) is 0 Å². The quantitative estimate of drug-likeness (QED) is 0.875. The molecule has 0 saturated heterocycles. The molecule has 6 heteroatoms. The fourth-order valence-corrected chi connectivity index (χ4v) is 2.06. The monoisotopic (exact) mass is 301 g/mol. The predicted octanol–water partition coefficient (Wildman–Crippen LogP) is 3.81. The highest BCUT2D eigenvalue weighted by Gasteiger charge is 2.19. The topological polar surface area (TPSA) is 35.2 Å². The van der Waals surface area contributed by atoms with Crippen molar-refractivity contribution >= 4 is 11.6 Å². The van der Waals surface area contributed by atoms with E-state index in [0.717, 1.165) is 12.1 Å². The van der Waals surface area contributed by atoms with Crippen LogP contribution in [0.15, 0.2) is 30.3 Å². The molecule has 2 nitrogen and oxygen atoms in total. The van der Waals surface area contributed by atoms with Gasteiger partial charge in [0, 0.05) is 10.6 Å². The minimum Gasteiger partial charge on any atom is -0.496 e. The lowest BCUT2D eigenvalue weighted by Gasteiger charge is -2.17. The summed E-state index contributed by atoms with van der Waals surface area (Å²) in [5.74, 6) is -3.70. The van der Waals surface area contributed by atoms with Gasteiger partial charge in [0.25, 0.3) is 0 Å². The molecular formula is C14H11ClF3NO. The van der Waals surface area contributed by atoms with Crippen molar-refractivity contribution in [3.8, 4) is 5.75 Å². The standard InChI is InChI=1S/C14H11ClF3NO/c1-20-12-3-2-8(15)6-9(12)14(19)7-4-10(16)13(18)11(17)5-7/h2-6,14H,19H2,1H3. The maximum absolute atomic E-state index is 13.2. The molecule has 106 valence electrons. The van der Waals surface area contributed by atoms with Crippen LogP contribution in [0.1, 0.15) is 17.2 Å². The molecule has 0 amide bonds. The van der Waals surface area contributed by atoms with Gasteiger partial charge in [-0.25, -0.2) is 13.2 Å². The van der Waals surface area contributed by atoms with Gasteiger partial charge in [-0.05, 0) is 35.9 Å². The SMILES string of the molecule is COc1ccc(Cl)cc1C(N)c1cc(F)c(F)c(F)c1. The van der Waals surface area contributed by atoms with Gasteiger partial charge in [-0.15, -0.1) is 0 Å². The minimum atomic E-state index is -1.53. The van der Waals surface area contributed by atoms with Crippen LogP contribution in [-0.2, 0) is 0 Å². The third kappa shape index (κ3) is 2.73. The van der Waals surface area contributed by atoms with Crippen molar-refractivity contribution < 1.29 is 17.9 Å². The van der Waals surface area contributed by atoms with Crippen molar-refractivity contribution in [3.05, 3.63) is 63.9 Å². The molecule has 0 bridgehead atoms. The maximum Gasteiger partial charge on any atom is 0.194 e. The number of benzene rings is 2. The molecule has 0 fully saturated rings. The molecule has 0 aromatic heterocycles. The molecule has 0 aliphatic heterocycles. The van der Waals surface area contributed by atoms with Gasteiger partial charge in [-0.2, -0.15) is 0 Å². The number of rotatable bonds is 3. The zero-order chi connectivity index (χ0) is 14.9. The Kier molecular flexibility index (Phi) is 4.20. The molecule has 2 aromatic carbocycles. The van der Waals surface area contributed by atoms with Gasteiger partial charge in [0.05, 0.1) is 13.2 Å². The molecule has 2 aromatic rings. The van der Waals surface area contributed by atoms with Crippen LogP contribution in [0.5, 0.6) is 5.75 Å². The van der Waals surface area contributed by atoms with Gasteiger partial charge in [-0.1, -0.05) is 11.6 Å². The van der Waals surface area contributed by atoms with Crippen molar-refractivity contribution in [1.29, 1.82) is 0 Å². The molecule has 1 unspecified atom stereocenters. The second-order valence-corrected chi connectivity index (χ2v) is 4.60. The first-order valence-electron chi connectivity index (χ1n) is 5.67. The van der Waals surface area contributed by atoms with Crippen molar-refractivity contribution in [2.45, 2.75) is 6.04 Å². The van der Waals surface area contributed by atoms with E-state index in [9.17, 15) is 13.2 Å². The molecule has 2 N–H and O–H groups in total. The van der Waals surface area contributed by atoms with Crippen molar-refractivity contribution in [2.75, 3.05) is 7.11 Å². The summed E-state index contributed by atoms with van der Waals surface area (Å²) in [6, 6.07) is 5.53. The fourth-order valence-electron chi connectivity index (χ4n) is 1.88. The molecule has 2 rings (SSSR count). The van der Waals surface area contributed by atoms with Crippen LogP contribution in [0.2, 0.25) is 5.02 Å². The third-order valence-corrected chi connectivity index (χ3v) is 3.13. The van der Waals surface area contributed by atoms with E-state index in [4.69, 9.17) is 22.1 Å². The van der Waals surface area contributed by atoms with E-state index in [0.29, 0.717) is 16.3 Å². The second-order valence-electron chi connectivity index (χ2n) is 4.16. The van der Waals surface area contributed by atoms with Gasteiger partial charge in [0.15, 0.2) is 17.5 Å². The first kappa shape index (κ1) is 14.7. The van der Waals surface area contributed by atoms with Gasteiger partial charge in [-0.3, -0.25) is 0 Å². The summed E-state index contributed by atoms with van der Waals surface area (Å²) in [6.07, 6.45) is 0. The number of ether oxygens (including phenoxy) is 1. The third-order valence-electron chi connectivity index (χ3n) is 2.89. The lowest BCUT2D eigenvalue weighted by atomic mass is 9.98. The lowest BCUT2D eigenvalue weighted by molar-refractivity contribution is 0.407. The number of nitrogens with two attached hydrogens (primary N) is 1. The average Bonchev–Trinajstić information content (AvgIpc) is 2.43. The summed E-state index contributed by atoms with van der Waals surface area (Å²) in [6.45, 7) is 0. The number of halogens is 4. The Hall–Kier alpha value is -1.72. The summed E-state index contributed by atoms with van der Waals surface area (Å²) < 4.78 is 44.6. The first-order chi connectivity index (χ1) is 9.43. The number of hydrogen-bond acceptors (Lipinski definition) is 2. The second kappa shape index (κ2) is 5.73. The average molecular weight is 302 g/mol. The molecule has 0 heterocycles. The zero-order valence-electron chi connectivity index (χ0n) is 10.5. The number of methoxy groups -OCH3 is 1. The summed E-state index contributed by atoms with van der Waals surface area (Å²) >= 11 is 5.87. The van der Waals surface area contributed by atoms with Crippen LogP contribution >= 0.6 is 11.6 Å². The van der Waals surface area contributed by atoms with E-state index in [2.05, 4.69) is 0 Å². The van der Waals surface area contributed by atoms with E-state index < -0.39 is 23.5 Å². The molecule has 0 radical (unpaired) electrons. The predicted molar refractivity (Wildman–Crippen MR) is 70.4 cm³/mol. The molecule has 0 saturated carbocycles. The van der Waals surface area contributed by atoms with E-state index in [1.807, 2.05) is 0 Å². The minimum absolute atomic E-state index is 0.0852. The van der Waals surface area contributed by atoms with E-state index >= 15 is 0 Å². The van der Waals surface area contributed by atoms with Crippen LogP contribution in [0.25, 0.3) is 0 Å². The number of hydrogen-bond donors (Lipinski definition) is 1. The van der Waals surface area contributed by atoms with Gasteiger partial charge in [0.1, 0.15) is 5.75 Å². The molecule has 0 spiro atoms. The first-order valence-corrected chi connectivity index (χ1v) is 6.05. The summed E-state index contributed by atoms with van der Waals surface area (Å²) in [5, 5.41) is 0.402. The summed E-state index contributed by atoms with van der Waals surface area (Å²) in [4.78, 5) is 0. The molecule has 0 aliphatic rings. The summed E-state index contributed by atoms with van der Waals surface area (Å²) in [7, 11) is 1.44. The highest BCUT2D eigenvalue weighted by molar-refractivity contribution is 6.30. The Balaban J connectivity index is 2.51. The zero-order valence-corrected chi connectivity index (χ0v) is 11.2. The van der Waals surface area contributed by atoms with Crippen LogP contribution < -0.4 is 10.5 Å². The molecule has 20 heavy (non-hydrogen) atoms. The Morgan fingerprint density at radius 3 is 2.25 bits per heavy atom. The van der Waals surface area contributed by atoms with Crippen molar-refractivity contribution in [1.82, 2.24) is 0 Å². The van der Waals surface area contributed by atoms with E-state index in [1.165, 1.54) is 13.2 Å². The Labute approximate surface area is 118 Å². The smallest absolute Gasteiger partial charge is 0.194 e. The normalized spacial score (nSPS) is 12.3. The Morgan fingerprint density at radius 1 is 1.10 bits per heavy atom. The van der Waals surface area contributed by atoms with Gasteiger partial charge >= 0.3 is 0 Å². The van der Waals surface area contributed by atoms with E-state index in [-0.39, 0.29) is 5.56 Å². The van der Waals surface area contributed by atoms with Gasteiger partial charge in [0.2, 0.25) is 0 Å². The van der Waals surface area contributed by atoms with Crippen LogP contribution in [0.4, 0.5) is 13.2 Å². The largest absolute Gasteiger partial charge is 0.496 e. The molecule has 0 aliphatic carbocycles. The summed E-state index contributed by atoms with van der Waals surface area (Å²) in [5.41, 5.74) is 6.49. The molecular weight excluding hydrogens is 291 g/mol. The maximum atomic E-state index is 13.2. The molecule has 1 atom stereocenters. The highest BCUT2D eigenvalue weighted by atomic mass is 35.5. The van der Waals surface area contributed by atoms with Crippen LogP contribution in [0, 0.1) is 17.5 Å². The van der Waals surface area contributed by atoms with Crippen molar-refractivity contribution in [2.24, 2.45) is 5.73 Å².